The Bertz CT molecular complexity index is 957. The van der Waals surface area contributed by atoms with Gasteiger partial charge in [0, 0.05) is 23.8 Å². The largest absolute Gasteiger partial charge is 0.456 e. The minimum absolute atomic E-state index is 0.187. The number of ether oxygens (including phenoxy) is 1. The maximum Gasteiger partial charge on any atom is 0.140 e. The zero-order chi connectivity index (χ0) is 17.8. The summed E-state index contributed by atoms with van der Waals surface area (Å²) in [6, 6.07) is 32.7. The molecule has 0 aliphatic carbocycles. The van der Waals surface area contributed by atoms with Gasteiger partial charge in [0.15, 0.2) is 0 Å². The molecule has 26 heavy (non-hydrogen) atoms. The zero-order valence-corrected chi connectivity index (χ0v) is 14.6. The van der Waals surface area contributed by atoms with Crippen molar-refractivity contribution in [3.63, 3.8) is 0 Å². The van der Waals surface area contributed by atoms with Crippen LogP contribution < -0.4 is 0 Å². The van der Waals surface area contributed by atoms with Gasteiger partial charge in [-0.25, -0.2) is 0 Å². The van der Waals surface area contributed by atoms with Gasteiger partial charge in [-0.2, -0.15) is 0 Å². The van der Waals surface area contributed by atoms with E-state index in [1.54, 1.807) is 7.11 Å². The molecule has 4 aromatic rings. The molecule has 4 rings (SSSR count). The van der Waals surface area contributed by atoms with Gasteiger partial charge in [-0.3, -0.25) is 0 Å². The molecule has 0 bridgehead atoms. The predicted molar refractivity (Wildman–Crippen MR) is 105 cm³/mol. The third-order valence-corrected chi connectivity index (χ3v) is 4.48. The molecule has 0 N–H and O–H groups in total. The monoisotopic (exact) mass is 340 g/mol. The van der Waals surface area contributed by atoms with Crippen molar-refractivity contribution in [1.29, 1.82) is 0 Å². The molecule has 2 heteroatoms. The van der Waals surface area contributed by atoms with Crippen molar-refractivity contribution in [3.8, 4) is 22.6 Å². The van der Waals surface area contributed by atoms with Crippen molar-refractivity contribution in [2.24, 2.45) is 0 Å². The normalized spacial score (nSPS) is 12.0. The molecular formula is C24H20O2. The molecule has 0 saturated heterocycles. The molecule has 1 atom stereocenters. The van der Waals surface area contributed by atoms with Gasteiger partial charge in [0.1, 0.15) is 17.6 Å². The van der Waals surface area contributed by atoms with E-state index in [9.17, 15) is 0 Å². The summed E-state index contributed by atoms with van der Waals surface area (Å²) in [7, 11) is 1.74. The molecule has 128 valence electrons. The van der Waals surface area contributed by atoms with Gasteiger partial charge in [-0.05, 0) is 11.6 Å². The second-order valence-electron chi connectivity index (χ2n) is 6.15. The van der Waals surface area contributed by atoms with Crippen LogP contribution in [0.3, 0.4) is 0 Å². The Morgan fingerprint density at radius 3 is 1.81 bits per heavy atom. The third kappa shape index (κ3) is 3.19. The van der Waals surface area contributed by atoms with Crippen LogP contribution in [-0.2, 0) is 4.74 Å². The predicted octanol–water partition coefficient (Wildman–Crippen LogP) is 6.35. The summed E-state index contributed by atoms with van der Waals surface area (Å²) in [5.74, 6) is 1.69. The first-order chi connectivity index (χ1) is 12.9. The second-order valence-corrected chi connectivity index (χ2v) is 6.15. The Kier molecular flexibility index (Phi) is 4.67. The Morgan fingerprint density at radius 1 is 0.692 bits per heavy atom. The molecule has 0 aliphatic heterocycles. The Balaban J connectivity index is 1.88. The molecule has 1 heterocycles. The fraction of sp³-hybridized carbons (Fsp3) is 0.0833. The number of methoxy groups -OCH3 is 1. The van der Waals surface area contributed by atoms with E-state index in [1.165, 1.54) is 0 Å². The van der Waals surface area contributed by atoms with E-state index in [2.05, 4.69) is 42.5 Å². The molecule has 2 nitrogen and oxygen atoms in total. The fourth-order valence-corrected chi connectivity index (χ4v) is 3.23. The standard InChI is InChI=1S/C24H20O2/c1-25-23(19-13-7-3-8-14-19)21-17-22(18-11-5-2-6-12-18)26-24(21)20-15-9-4-10-16-20/h2-17,23H,1H3. The molecule has 1 aromatic heterocycles. The lowest BCUT2D eigenvalue weighted by molar-refractivity contribution is 0.136. The molecule has 0 aliphatic rings. The highest BCUT2D eigenvalue weighted by atomic mass is 16.5. The van der Waals surface area contributed by atoms with Crippen molar-refractivity contribution in [2.45, 2.75) is 6.10 Å². The summed E-state index contributed by atoms with van der Waals surface area (Å²) in [5.41, 5.74) is 4.23. The SMILES string of the molecule is COC(c1ccccc1)c1cc(-c2ccccc2)oc1-c1ccccc1. The summed E-state index contributed by atoms with van der Waals surface area (Å²) >= 11 is 0. The molecular weight excluding hydrogens is 320 g/mol. The molecule has 1 unspecified atom stereocenters. The van der Waals surface area contributed by atoms with Crippen molar-refractivity contribution >= 4 is 0 Å². The smallest absolute Gasteiger partial charge is 0.140 e. The first-order valence-electron chi connectivity index (χ1n) is 8.69. The molecule has 0 spiro atoms. The Morgan fingerprint density at radius 2 is 1.23 bits per heavy atom. The maximum atomic E-state index is 6.31. The lowest BCUT2D eigenvalue weighted by Gasteiger charge is -2.16. The fourth-order valence-electron chi connectivity index (χ4n) is 3.23. The summed E-state index contributed by atoms with van der Waals surface area (Å²) < 4.78 is 12.2. The van der Waals surface area contributed by atoms with E-state index >= 15 is 0 Å². The van der Waals surface area contributed by atoms with Gasteiger partial charge < -0.3 is 9.15 Å². The van der Waals surface area contributed by atoms with E-state index in [0.29, 0.717) is 0 Å². The average Bonchev–Trinajstić information content (AvgIpc) is 3.16. The molecule has 0 saturated carbocycles. The molecule has 0 fully saturated rings. The summed E-state index contributed by atoms with van der Waals surface area (Å²) in [4.78, 5) is 0. The van der Waals surface area contributed by atoms with E-state index in [4.69, 9.17) is 9.15 Å². The van der Waals surface area contributed by atoms with Crippen molar-refractivity contribution < 1.29 is 9.15 Å². The molecule has 3 aromatic carbocycles. The van der Waals surface area contributed by atoms with E-state index in [-0.39, 0.29) is 6.10 Å². The molecule has 0 radical (unpaired) electrons. The van der Waals surface area contributed by atoms with Gasteiger partial charge in [0.2, 0.25) is 0 Å². The number of rotatable bonds is 5. The van der Waals surface area contributed by atoms with Gasteiger partial charge in [-0.15, -0.1) is 0 Å². The van der Waals surface area contributed by atoms with E-state index in [1.807, 2.05) is 54.6 Å². The van der Waals surface area contributed by atoms with Crippen molar-refractivity contribution in [1.82, 2.24) is 0 Å². The van der Waals surface area contributed by atoms with Crippen LogP contribution in [0.4, 0.5) is 0 Å². The summed E-state index contributed by atoms with van der Waals surface area (Å²) in [6.45, 7) is 0. The average molecular weight is 340 g/mol. The van der Waals surface area contributed by atoms with Crippen LogP contribution in [0.2, 0.25) is 0 Å². The highest BCUT2D eigenvalue weighted by Gasteiger charge is 2.23. The van der Waals surface area contributed by atoms with E-state index in [0.717, 1.165) is 33.8 Å². The molecule has 0 amide bonds. The minimum atomic E-state index is -0.187. The summed E-state index contributed by atoms with van der Waals surface area (Å²) in [6.07, 6.45) is -0.187. The van der Waals surface area contributed by atoms with Crippen LogP contribution in [0.1, 0.15) is 17.2 Å². The van der Waals surface area contributed by atoms with Gasteiger partial charge in [-0.1, -0.05) is 91.0 Å². The quantitative estimate of drug-likeness (QED) is 0.422. The van der Waals surface area contributed by atoms with E-state index < -0.39 is 0 Å². The third-order valence-electron chi connectivity index (χ3n) is 4.48. The van der Waals surface area contributed by atoms with Crippen molar-refractivity contribution in [3.05, 3.63) is 108 Å². The number of hydrogen-bond donors (Lipinski definition) is 0. The maximum absolute atomic E-state index is 6.31. The number of benzene rings is 3. The second kappa shape index (κ2) is 7.42. The van der Waals surface area contributed by atoms with Gasteiger partial charge in [0.05, 0.1) is 0 Å². The lowest BCUT2D eigenvalue weighted by Crippen LogP contribution is -2.03. The van der Waals surface area contributed by atoms with Crippen LogP contribution in [0.15, 0.2) is 101 Å². The Labute approximate surface area is 153 Å². The van der Waals surface area contributed by atoms with Gasteiger partial charge in [0.25, 0.3) is 0 Å². The topological polar surface area (TPSA) is 22.4 Å². The number of hydrogen-bond acceptors (Lipinski definition) is 2. The van der Waals surface area contributed by atoms with Crippen LogP contribution >= 0.6 is 0 Å². The Hall–Kier alpha value is -3.10. The minimum Gasteiger partial charge on any atom is -0.456 e. The van der Waals surface area contributed by atoms with Crippen LogP contribution in [0.5, 0.6) is 0 Å². The highest BCUT2D eigenvalue weighted by molar-refractivity contribution is 5.69. The van der Waals surface area contributed by atoms with Crippen molar-refractivity contribution in [2.75, 3.05) is 7.11 Å². The first-order valence-corrected chi connectivity index (χ1v) is 8.69. The van der Waals surface area contributed by atoms with Crippen LogP contribution in [-0.4, -0.2) is 7.11 Å². The number of furan rings is 1. The lowest BCUT2D eigenvalue weighted by atomic mass is 9.98. The van der Waals surface area contributed by atoms with Gasteiger partial charge >= 0.3 is 0 Å². The highest BCUT2D eigenvalue weighted by Crippen LogP contribution is 2.39. The summed E-state index contributed by atoms with van der Waals surface area (Å²) in [5, 5.41) is 0. The zero-order valence-electron chi connectivity index (χ0n) is 14.6. The first kappa shape index (κ1) is 16.4. The van der Waals surface area contributed by atoms with Crippen LogP contribution in [0, 0.1) is 0 Å². The van der Waals surface area contributed by atoms with Crippen LogP contribution in [0.25, 0.3) is 22.6 Å².